The fourth-order valence-corrected chi connectivity index (χ4v) is 4.44. The molecule has 2 N–H and O–H groups in total. The number of nitrogens with zero attached hydrogens (tertiary/aromatic N) is 1. The minimum absolute atomic E-state index is 0.0666. The van der Waals surface area contributed by atoms with E-state index in [1.165, 1.54) is 5.56 Å². The monoisotopic (exact) mass is 461 g/mol. The summed E-state index contributed by atoms with van der Waals surface area (Å²) in [7, 11) is -3.40. The summed E-state index contributed by atoms with van der Waals surface area (Å²) in [6.07, 6.45) is 1.11. The van der Waals surface area contributed by atoms with Gasteiger partial charge in [-0.15, -0.1) is 0 Å². The number of hydrogen-bond acceptors (Lipinski definition) is 4. The van der Waals surface area contributed by atoms with Crippen LogP contribution in [0.25, 0.3) is 11.1 Å². The van der Waals surface area contributed by atoms with E-state index < -0.39 is 16.1 Å². The second-order valence-corrected chi connectivity index (χ2v) is 10.2. The number of aliphatic imine (C=N–C) groups is 1. The minimum atomic E-state index is -3.40. The van der Waals surface area contributed by atoms with Gasteiger partial charge in [-0.2, -0.15) is 0 Å². The Morgan fingerprint density at radius 2 is 1.76 bits per heavy atom. The number of sulfonamides is 1. The summed E-state index contributed by atoms with van der Waals surface area (Å²) >= 11 is 0. The number of nitrogens with one attached hydrogen (secondary N) is 2. The second kappa shape index (κ2) is 9.29. The van der Waals surface area contributed by atoms with Crippen LogP contribution in [-0.4, -0.2) is 32.8 Å². The van der Waals surface area contributed by atoms with Gasteiger partial charge in [-0.25, -0.2) is 13.1 Å². The average molecular weight is 462 g/mol. The predicted molar refractivity (Wildman–Crippen MR) is 132 cm³/mol. The first kappa shape index (κ1) is 22.9. The Hall–Kier alpha value is -3.29. The summed E-state index contributed by atoms with van der Waals surface area (Å²) in [6.45, 7) is 4.75. The van der Waals surface area contributed by atoms with E-state index in [1.807, 2.05) is 56.3 Å². The molecule has 3 aromatic rings. The Morgan fingerprint density at radius 1 is 1.00 bits per heavy atom. The van der Waals surface area contributed by atoms with Gasteiger partial charge in [0.1, 0.15) is 0 Å². The molecule has 1 heterocycles. The average Bonchev–Trinajstić information content (AvgIpc) is 3.16. The maximum absolute atomic E-state index is 13.2. The molecule has 1 unspecified atom stereocenters. The highest BCUT2D eigenvalue weighted by Gasteiger charge is 2.19. The minimum Gasteiger partial charge on any atom is -0.344 e. The third-order valence-electron chi connectivity index (χ3n) is 5.74. The lowest BCUT2D eigenvalue weighted by Crippen LogP contribution is -2.37. The van der Waals surface area contributed by atoms with Gasteiger partial charge in [0.05, 0.1) is 18.8 Å². The fraction of sp³-hybridized carbons (Fsp3) is 0.231. The first-order valence-corrected chi connectivity index (χ1v) is 12.7. The molecule has 6 nitrogen and oxygen atoms in total. The Morgan fingerprint density at radius 3 is 2.52 bits per heavy atom. The van der Waals surface area contributed by atoms with Gasteiger partial charge in [0, 0.05) is 23.4 Å². The van der Waals surface area contributed by atoms with Gasteiger partial charge in [-0.3, -0.25) is 9.79 Å². The van der Waals surface area contributed by atoms with E-state index in [1.54, 1.807) is 6.07 Å². The number of carbonyl (C=O) groups excluding carboxylic acids is 1. The van der Waals surface area contributed by atoms with Crippen LogP contribution in [0.4, 0.5) is 0 Å². The highest BCUT2D eigenvalue weighted by atomic mass is 32.2. The molecule has 3 aromatic carbocycles. The molecule has 0 saturated carbocycles. The van der Waals surface area contributed by atoms with Gasteiger partial charge >= 0.3 is 0 Å². The number of fused-ring (bicyclic) bond motifs is 1. The van der Waals surface area contributed by atoms with Crippen molar-refractivity contribution in [1.29, 1.82) is 0 Å². The molecule has 0 spiro atoms. The Bertz CT molecular complexity index is 1350. The zero-order valence-electron chi connectivity index (χ0n) is 18.9. The standard InChI is InChI=1S/C26H27N3O3S/c1-17-6-4-8-21(12-17)25(16-28-33(3,31)32)29-26(30)22-9-5-7-19(13-22)20-10-11-23-15-27-18(2)24(23)14-20/h4-14,25,28H,15-16H2,1-3H3,(H,29,30). The fourth-order valence-electron chi connectivity index (χ4n) is 3.97. The topological polar surface area (TPSA) is 87.6 Å². The summed E-state index contributed by atoms with van der Waals surface area (Å²) in [4.78, 5) is 17.6. The molecule has 0 saturated heterocycles. The van der Waals surface area contributed by atoms with Crippen molar-refractivity contribution in [2.45, 2.75) is 26.4 Å². The van der Waals surface area contributed by atoms with E-state index in [0.717, 1.165) is 39.8 Å². The van der Waals surface area contributed by atoms with E-state index in [-0.39, 0.29) is 12.5 Å². The van der Waals surface area contributed by atoms with Crippen molar-refractivity contribution in [1.82, 2.24) is 10.0 Å². The van der Waals surface area contributed by atoms with E-state index >= 15 is 0 Å². The zero-order valence-corrected chi connectivity index (χ0v) is 19.7. The number of carbonyl (C=O) groups is 1. The lowest BCUT2D eigenvalue weighted by Gasteiger charge is -2.20. The number of benzene rings is 3. The number of amides is 1. The largest absolute Gasteiger partial charge is 0.344 e. The molecule has 0 aliphatic carbocycles. The van der Waals surface area contributed by atoms with Crippen LogP contribution in [0.3, 0.4) is 0 Å². The van der Waals surface area contributed by atoms with Crippen molar-refractivity contribution < 1.29 is 13.2 Å². The van der Waals surface area contributed by atoms with Gasteiger partial charge < -0.3 is 5.32 Å². The first-order valence-electron chi connectivity index (χ1n) is 10.8. The maximum atomic E-state index is 13.2. The highest BCUT2D eigenvalue weighted by molar-refractivity contribution is 7.88. The second-order valence-electron chi connectivity index (χ2n) is 8.42. The maximum Gasteiger partial charge on any atom is 0.251 e. The smallest absolute Gasteiger partial charge is 0.251 e. The molecule has 170 valence electrons. The van der Waals surface area contributed by atoms with Crippen molar-refractivity contribution in [3.8, 4) is 11.1 Å². The van der Waals surface area contributed by atoms with Crippen molar-refractivity contribution in [3.63, 3.8) is 0 Å². The van der Waals surface area contributed by atoms with Gasteiger partial charge in [0.15, 0.2) is 0 Å². The van der Waals surface area contributed by atoms with Crippen molar-refractivity contribution in [3.05, 3.63) is 94.5 Å². The van der Waals surface area contributed by atoms with E-state index in [2.05, 4.69) is 33.2 Å². The van der Waals surface area contributed by atoms with E-state index in [9.17, 15) is 13.2 Å². The molecular formula is C26H27N3O3S. The van der Waals surface area contributed by atoms with Crippen LogP contribution in [-0.2, 0) is 16.6 Å². The van der Waals surface area contributed by atoms with Crippen LogP contribution in [0.2, 0.25) is 0 Å². The third-order valence-corrected chi connectivity index (χ3v) is 6.43. The van der Waals surface area contributed by atoms with Crippen LogP contribution in [0.1, 0.15) is 45.6 Å². The van der Waals surface area contributed by atoms with E-state index in [0.29, 0.717) is 12.1 Å². The SMILES string of the molecule is CC1=NCc2ccc(-c3cccc(C(=O)NC(CNS(C)(=O)=O)c4cccc(C)c4)c3)cc21. The van der Waals surface area contributed by atoms with Gasteiger partial charge in [-0.1, -0.05) is 54.1 Å². The molecule has 1 aliphatic rings. The summed E-state index contributed by atoms with van der Waals surface area (Å²) in [6, 6.07) is 20.9. The Balaban J connectivity index is 1.59. The van der Waals surface area contributed by atoms with Gasteiger partial charge in [0.25, 0.3) is 5.91 Å². The number of aryl methyl sites for hydroxylation is 1. The summed E-state index contributed by atoms with van der Waals surface area (Å²) < 4.78 is 25.8. The van der Waals surface area contributed by atoms with Crippen LogP contribution >= 0.6 is 0 Å². The van der Waals surface area contributed by atoms with Crippen LogP contribution in [0, 0.1) is 6.92 Å². The quantitative estimate of drug-likeness (QED) is 0.557. The molecule has 0 fully saturated rings. The molecule has 1 amide bonds. The normalized spacial score (nSPS) is 13.8. The third kappa shape index (κ3) is 5.56. The van der Waals surface area contributed by atoms with Crippen LogP contribution in [0.5, 0.6) is 0 Å². The first-order chi connectivity index (χ1) is 15.7. The number of hydrogen-bond donors (Lipinski definition) is 2. The lowest BCUT2D eigenvalue weighted by atomic mass is 9.97. The van der Waals surface area contributed by atoms with Crippen molar-refractivity contribution in [2.75, 3.05) is 12.8 Å². The molecule has 33 heavy (non-hydrogen) atoms. The van der Waals surface area contributed by atoms with E-state index in [4.69, 9.17) is 0 Å². The van der Waals surface area contributed by atoms with Crippen molar-refractivity contribution in [2.24, 2.45) is 4.99 Å². The zero-order chi connectivity index (χ0) is 23.6. The van der Waals surface area contributed by atoms with Crippen LogP contribution < -0.4 is 10.0 Å². The summed E-state index contributed by atoms with van der Waals surface area (Å²) in [5, 5.41) is 2.99. The molecule has 0 radical (unpaired) electrons. The lowest BCUT2D eigenvalue weighted by molar-refractivity contribution is 0.0937. The molecule has 0 aromatic heterocycles. The molecular weight excluding hydrogens is 434 g/mol. The highest BCUT2D eigenvalue weighted by Crippen LogP contribution is 2.27. The van der Waals surface area contributed by atoms with Gasteiger partial charge in [-0.05, 0) is 54.3 Å². The molecule has 1 atom stereocenters. The van der Waals surface area contributed by atoms with Gasteiger partial charge in [0.2, 0.25) is 10.0 Å². The Labute approximate surface area is 194 Å². The number of rotatable bonds is 7. The molecule has 4 rings (SSSR count). The summed E-state index contributed by atoms with van der Waals surface area (Å²) in [5.74, 6) is -0.266. The van der Waals surface area contributed by atoms with Crippen molar-refractivity contribution >= 4 is 21.6 Å². The molecule has 0 bridgehead atoms. The summed E-state index contributed by atoms with van der Waals surface area (Å²) in [5.41, 5.74) is 7.72. The Kier molecular flexibility index (Phi) is 6.44. The molecule has 7 heteroatoms. The predicted octanol–water partition coefficient (Wildman–Crippen LogP) is 4.00. The van der Waals surface area contributed by atoms with Crippen LogP contribution in [0.15, 0.2) is 71.7 Å². The molecule has 1 aliphatic heterocycles.